The predicted molar refractivity (Wildman–Crippen MR) is 73.1 cm³/mol. The van der Waals surface area contributed by atoms with Gasteiger partial charge in [0.1, 0.15) is 0 Å². The number of nitrogens with two attached hydrogens (primary N) is 1. The molecule has 2 unspecified atom stereocenters. The number of carbonyl (C=O) groups excluding carboxylic acids is 1. The summed E-state index contributed by atoms with van der Waals surface area (Å²) >= 11 is 0. The summed E-state index contributed by atoms with van der Waals surface area (Å²) in [7, 11) is 0. The van der Waals surface area contributed by atoms with E-state index in [1.54, 1.807) is 0 Å². The molecule has 0 spiro atoms. The van der Waals surface area contributed by atoms with Crippen LogP contribution in [0.5, 0.6) is 0 Å². The summed E-state index contributed by atoms with van der Waals surface area (Å²) in [6.45, 7) is 9.36. The van der Waals surface area contributed by atoms with Crippen molar-refractivity contribution in [2.75, 3.05) is 19.6 Å². The Kier molecular flexibility index (Phi) is 3.97. The van der Waals surface area contributed by atoms with Gasteiger partial charge in [-0.1, -0.05) is 0 Å². The van der Waals surface area contributed by atoms with Crippen LogP contribution in [0.15, 0.2) is 0 Å². The topological polar surface area (TPSA) is 58.4 Å². The number of nitrogens with zero attached hydrogens (tertiary/aromatic N) is 1. The zero-order valence-corrected chi connectivity index (χ0v) is 11.9. The summed E-state index contributed by atoms with van der Waals surface area (Å²) < 4.78 is 0. The Bertz CT molecular complexity index is 310. The first-order valence-corrected chi connectivity index (χ1v) is 7.22. The Morgan fingerprint density at radius 1 is 1.44 bits per heavy atom. The number of amides is 1. The van der Waals surface area contributed by atoms with E-state index in [4.69, 9.17) is 5.73 Å². The number of carbonyl (C=O) groups is 1. The van der Waals surface area contributed by atoms with Crippen LogP contribution in [0.2, 0.25) is 0 Å². The zero-order chi connectivity index (χ0) is 13.3. The molecule has 0 aromatic rings. The van der Waals surface area contributed by atoms with Gasteiger partial charge in [-0.05, 0) is 58.4 Å². The minimum atomic E-state index is -0.656. The van der Waals surface area contributed by atoms with Gasteiger partial charge in [0.25, 0.3) is 0 Å². The minimum absolute atomic E-state index is 0.0352. The molecule has 2 atom stereocenters. The second-order valence-corrected chi connectivity index (χ2v) is 6.51. The third kappa shape index (κ3) is 3.04. The molecule has 1 amide bonds. The molecule has 1 saturated carbocycles. The van der Waals surface area contributed by atoms with Crippen LogP contribution in [0.1, 0.15) is 40.0 Å². The number of nitrogens with one attached hydrogen (secondary N) is 1. The highest BCUT2D eigenvalue weighted by molar-refractivity contribution is 5.86. The molecule has 4 heteroatoms. The summed E-state index contributed by atoms with van der Waals surface area (Å²) in [5.74, 6) is 1.02. The van der Waals surface area contributed by atoms with Gasteiger partial charge in [0.15, 0.2) is 0 Å². The maximum Gasteiger partial charge on any atom is 0.240 e. The van der Waals surface area contributed by atoms with Crippen molar-refractivity contribution in [2.24, 2.45) is 17.6 Å². The van der Waals surface area contributed by atoms with E-state index in [1.165, 1.54) is 6.42 Å². The number of likely N-dealkylation sites (tertiary alicyclic amines) is 1. The van der Waals surface area contributed by atoms with Crippen molar-refractivity contribution < 1.29 is 4.79 Å². The van der Waals surface area contributed by atoms with Gasteiger partial charge in [0.2, 0.25) is 5.91 Å². The monoisotopic (exact) mass is 253 g/mol. The summed E-state index contributed by atoms with van der Waals surface area (Å²) in [5.41, 5.74) is 5.45. The van der Waals surface area contributed by atoms with Gasteiger partial charge in [-0.3, -0.25) is 4.79 Å². The fourth-order valence-electron chi connectivity index (χ4n) is 2.79. The third-order valence-corrected chi connectivity index (χ3v) is 4.51. The first-order valence-electron chi connectivity index (χ1n) is 7.22. The molecule has 0 bridgehead atoms. The van der Waals surface area contributed by atoms with E-state index in [0.29, 0.717) is 17.9 Å². The molecule has 104 valence electrons. The van der Waals surface area contributed by atoms with Crippen molar-refractivity contribution in [1.29, 1.82) is 0 Å². The highest BCUT2D eigenvalue weighted by atomic mass is 16.2. The fourth-order valence-corrected chi connectivity index (χ4v) is 2.79. The van der Waals surface area contributed by atoms with Crippen molar-refractivity contribution in [3.05, 3.63) is 0 Å². The molecule has 2 aliphatic rings. The van der Waals surface area contributed by atoms with Crippen LogP contribution in [-0.4, -0.2) is 42.0 Å². The molecule has 1 heterocycles. The third-order valence-electron chi connectivity index (χ3n) is 4.51. The van der Waals surface area contributed by atoms with Crippen LogP contribution in [0.25, 0.3) is 0 Å². The molecular weight excluding hydrogens is 226 g/mol. The molecule has 1 aliphatic carbocycles. The lowest BCUT2D eigenvalue weighted by molar-refractivity contribution is -0.126. The van der Waals surface area contributed by atoms with E-state index in [0.717, 1.165) is 32.5 Å². The molecule has 1 aliphatic heterocycles. The van der Waals surface area contributed by atoms with Crippen LogP contribution in [0.4, 0.5) is 0 Å². The molecule has 1 saturated heterocycles. The van der Waals surface area contributed by atoms with Gasteiger partial charge in [0.05, 0.1) is 5.54 Å². The van der Waals surface area contributed by atoms with Gasteiger partial charge in [-0.25, -0.2) is 0 Å². The Balaban J connectivity index is 1.74. The molecule has 2 rings (SSSR count). The summed E-state index contributed by atoms with van der Waals surface area (Å²) in [5, 5.41) is 3.06. The molecular formula is C14H27N3O. The van der Waals surface area contributed by atoms with Crippen LogP contribution in [0.3, 0.4) is 0 Å². The molecule has 2 fully saturated rings. The summed E-state index contributed by atoms with van der Waals surface area (Å²) in [6.07, 6.45) is 3.39. The second kappa shape index (κ2) is 5.17. The highest BCUT2D eigenvalue weighted by Crippen LogP contribution is 2.38. The van der Waals surface area contributed by atoms with Gasteiger partial charge in [-0.2, -0.15) is 0 Å². The van der Waals surface area contributed by atoms with Gasteiger partial charge < -0.3 is 16.0 Å². The first kappa shape index (κ1) is 13.8. The Hall–Kier alpha value is -0.610. The van der Waals surface area contributed by atoms with E-state index in [1.807, 2.05) is 6.92 Å². The summed E-state index contributed by atoms with van der Waals surface area (Å²) in [4.78, 5) is 14.5. The molecule has 18 heavy (non-hydrogen) atoms. The van der Waals surface area contributed by atoms with Gasteiger partial charge >= 0.3 is 0 Å². The van der Waals surface area contributed by atoms with E-state index >= 15 is 0 Å². The fraction of sp³-hybridized carbons (Fsp3) is 0.929. The quantitative estimate of drug-likeness (QED) is 0.767. The van der Waals surface area contributed by atoms with E-state index in [2.05, 4.69) is 24.1 Å². The molecule has 0 radical (unpaired) electrons. The van der Waals surface area contributed by atoms with Gasteiger partial charge in [0, 0.05) is 19.1 Å². The average molecular weight is 253 g/mol. The molecule has 0 aromatic carbocycles. The van der Waals surface area contributed by atoms with Crippen LogP contribution in [-0.2, 0) is 4.79 Å². The lowest BCUT2D eigenvalue weighted by Gasteiger charge is -2.24. The standard InChI is InChI=1S/C14H27N3O/c1-10(2)17-7-6-11(9-17)8-16-13(18)14(3,15)12-4-5-12/h10-12H,4-9,15H2,1-3H3,(H,16,18). The number of hydrogen-bond acceptors (Lipinski definition) is 3. The lowest BCUT2D eigenvalue weighted by Crippen LogP contribution is -2.54. The SMILES string of the molecule is CC(C)N1CCC(CNC(=O)C(C)(N)C2CC2)C1. The normalized spacial score (nSPS) is 28.4. The maximum absolute atomic E-state index is 12.1. The van der Waals surface area contributed by atoms with Crippen molar-refractivity contribution in [1.82, 2.24) is 10.2 Å². The van der Waals surface area contributed by atoms with Crippen molar-refractivity contribution in [2.45, 2.75) is 51.6 Å². The molecule has 0 aromatic heterocycles. The van der Waals surface area contributed by atoms with Gasteiger partial charge in [-0.15, -0.1) is 0 Å². The number of rotatable bonds is 5. The van der Waals surface area contributed by atoms with Crippen molar-refractivity contribution in [3.63, 3.8) is 0 Å². The van der Waals surface area contributed by atoms with E-state index in [-0.39, 0.29) is 5.91 Å². The van der Waals surface area contributed by atoms with Crippen LogP contribution >= 0.6 is 0 Å². The first-order chi connectivity index (χ1) is 8.41. The van der Waals surface area contributed by atoms with E-state index < -0.39 is 5.54 Å². The zero-order valence-electron chi connectivity index (χ0n) is 11.9. The van der Waals surface area contributed by atoms with Crippen molar-refractivity contribution in [3.8, 4) is 0 Å². The van der Waals surface area contributed by atoms with E-state index in [9.17, 15) is 4.79 Å². The van der Waals surface area contributed by atoms with Crippen LogP contribution in [0, 0.1) is 11.8 Å². The summed E-state index contributed by atoms with van der Waals surface area (Å²) in [6, 6.07) is 0.608. The second-order valence-electron chi connectivity index (χ2n) is 6.51. The van der Waals surface area contributed by atoms with Crippen molar-refractivity contribution >= 4 is 5.91 Å². The largest absolute Gasteiger partial charge is 0.354 e. The van der Waals surface area contributed by atoms with Crippen LogP contribution < -0.4 is 11.1 Å². The predicted octanol–water partition coefficient (Wildman–Crippen LogP) is 0.960. The number of hydrogen-bond donors (Lipinski definition) is 2. The minimum Gasteiger partial charge on any atom is -0.354 e. The lowest BCUT2D eigenvalue weighted by atomic mass is 9.96. The Labute approximate surface area is 110 Å². The average Bonchev–Trinajstić information content (AvgIpc) is 3.06. The molecule has 4 nitrogen and oxygen atoms in total. The Morgan fingerprint density at radius 2 is 2.11 bits per heavy atom. The molecule has 3 N–H and O–H groups in total. The maximum atomic E-state index is 12.1. The highest BCUT2D eigenvalue weighted by Gasteiger charge is 2.44. The Morgan fingerprint density at radius 3 is 2.61 bits per heavy atom. The smallest absolute Gasteiger partial charge is 0.240 e.